The summed E-state index contributed by atoms with van der Waals surface area (Å²) in [5, 5.41) is 2.98. The molecular weight excluding hydrogens is 379 g/mol. The topological polar surface area (TPSA) is 49.4 Å². The molecule has 5 heteroatoms. The summed E-state index contributed by atoms with van der Waals surface area (Å²) in [6.45, 7) is 2.57. The highest BCUT2D eigenvalue weighted by atomic mass is 19.1. The summed E-state index contributed by atoms with van der Waals surface area (Å²) in [5.41, 5.74) is 4.13. The van der Waals surface area contributed by atoms with Crippen LogP contribution in [0.4, 0.5) is 15.8 Å². The number of carbonyl (C=O) groups excluding carboxylic acids is 2. The monoisotopic (exact) mass is 402 g/mol. The minimum Gasteiger partial charge on any atom is -0.322 e. The molecular formula is C25H23FN2O2. The summed E-state index contributed by atoms with van der Waals surface area (Å²) in [6, 6.07) is 19.1. The highest BCUT2D eigenvalue weighted by Crippen LogP contribution is 2.30. The lowest BCUT2D eigenvalue weighted by Crippen LogP contribution is -2.36. The van der Waals surface area contributed by atoms with Crippen LogP contribution in [0.15, 0.2) is 66.7 Å². The van der Waals surface area contributed by atoms with Crippen molar-refractivity contribution in [2.24, 2.45) is 0 Å². The molecule has 1 N–H and O–H groups in total. The molecule has 0 bridgehead atoms. The van der Waals surface area contributed by atoms with E-state index in [0.717, 1.165) is 41.8 Å². The summed E-state index contributed by atoms with van der Waals surface area (Å²) in [4.78, 5) is 27.3. The molecule has 0 fully saturated rings. The third kappa shape index (κ3) is 3.83. The van der Waals surface area contributed by atoms with Crippen LogP contribution in [0.3, 0.4) is 0 Å². The first kappa shape index (κ1) is 19.8. The summed E-state index contributed by atoms with van der Waals surface area (Å²) < 4.78 is 14.1. The molecule has 0 unspecified atom stereocenters. The van der Waals surface area contributed by atoms with Crippen molar-refractivity contribution in [3.8, 4) is 0 Å². The van der Waals surface area contributed by atoms with Crippen molar-refractivity contribution in [1.29, 1.82) is 0 Å². The van der Waals surface area contributed by atoms with Crippen LogP contribution in [0.1, 0.15) is 45.2 Å². The number of hydrogen-bond donors (Lipinski definition) is 1. The Morgan fingerprint density at radius 1 is 1.03 bits per heavy atom. The minimum absolute atomic E-state index is 0.0587. The van der Waals surface area contributed by atoms with Gasteiger partial charge in [-0.2, -0.15) is 0 Å². The SMILES string of the molecule is CCc1ccccc1NC(=O)c1ccc2c(c1)CCCN2C(=O)c1ccccc1F. The van der Waals surface area contributed by atoms with Crippen molar-refractivity contribution in [2.75, 3.05) is 16.8 Å². The molecule has 0 saturated carbocycles. The molecule has 3 aromatic carbocycles. The van der Waals surface area contributed by atoms with Crippen molar-refractivity contribution < 1.29 is 14.0 Å². The van der Waals surface area contributed by atoms with E-state index >= 15 is 0 Å². The van der Waals surface area contributed by atoms with Gasteiger partial charge < -0.3 is 10.2 Å². The lowest BCUT2D eigenvalue weighted by atomic mass is 9.98. The maximum Gasteiger partial charge on any atom is 0.261 e. The van der Waals surface area contributed by atoms with E-state index in [1.165, 1.54) is 12.1 Å². The van der Waals surface area contributed by atoms with Crippen molar-refractivity contribution in [3.63, 3.8) is 0 Å². The van der Waals surface area contributed by atoms with Crippen LogP contribution in [0, 0.1) is 5.82 Å². The number of amides is 2. The van der Waals surface area contributed by atoms with Crippen LogP contribution >= 0.6 is 0 Å². The molecule has 1 aliphatic heterocycles. The lowest BCUT2D eigenvalue weighted by Gasteiger charge is -2.30. The van der Waals surface area contributed by atoms with Crippen molar-refractivity contribution in [1.82, 2.24) is 0 Å². The Kier molecular flexibility index (Phi) is 5.61. The first-order valence-electron chi connectivity index (χ1n) is 10.2. The smallest absolute Gasteiger partial charge is 0.261 e. The van der Waals surface area contributed by atoms with Gasteiger partial charge in [-0.1, -0.05) is 37.3 Å². The van der Waals surface area contributed by atoms with E-state index in [-0.39, 0.29) is 17.4 Å². The van der Waals surface area contributed by atoms with E-state index in [1.807, 2.05) is 37.3 Å². The summed E-state index contributed by atoms with van der Waals surface area (Å²) in [6.07, 6.45) is 2.35. The molecule has 4 rings (SSSR count). The maximum absolute atomic E-state index is 14.1. The second kappa shape index (κ2) is 8.49. The Morgan fingerprint density at radius 2 is 1.80 bits per heavy atom. The predicted molar refractivity (Wildman–Crippen MR) is 117 cm³/mol. The second-order valence-corrected chi connectivity index (χ2v) is 7.35. The number of halogens is 1. The molecule has 0 aliphatic carbocycles. The minimum atomic E-state index is -0.528. The summed E-state index contributed by atoms with van der Waals surface area (Å²) in [5.74, 6) is -1.07. The fraction of sp³-hybridized carbons (Fsp3) is 0.200. The van der Waals surface area contributed by atoms with Gasteiger partial charge in [0.05, 0.1) is 5.56 Å². The highest BCUT2D eigenvalue weighted by molar-refractivity contribution is 6.08. The van der Waals surface area contributed by atoms with Gasteiger partial charge in [0.25, 0.3) is 11.8 Å². The molecule has 0 atom stereocenters. The maximum atomic E-state index is 14.1. The van der Waals surface area contributed by atoms with E-state index in [9.17, 15) is 14.0 Å². The Hall–Kier alpha value is -3.47. The van der Waals surface area contributed by atoms with Gasteiger partial charge in [-0.3, -0.25) is 9.59 Å². The summed E-state index contributed by atoms with van der Waals surface area (Å²) in [7, 11) is 0. The lowest BCUT2D eigenvalue weighted by molar-refractivity contribution is 0.0980. The molecule has 0 radical (unpaired) electrons. The molecule has 1 heterocycles. The van der Waals surface area contributed by atoms with Crippen LogP contribution in [0.2, 0.25) is 0 Å². The normalized spacial score (nSPS) is 12.9. The first-order valence-corrected chi connectivity index (χ1v) is 10.2. The Morgan fingerprint density at radius 3 is 2.60 bits per heavy atom. The number of anilines is 2. The highest BCUT2D eigenvalue weighted by Gasteiger charge is 2.26. The first-order chi connectivity index (χ1) is 14.6. The van der Waals surface area contributed by atoms with E-state index < -0.39 is 5.82 Å². The number of rotatable bonds is 4. The number of hydrogen-bond acceptors (Lipinski definition) is 2. The van der Waals surface area contributed by atoms with Gasteiger partial charge in [0.2, 0.25) is 0 Å². The molecule has 3 aromatic rings. The average Bonchev–Trinajstić information content (AvgIpc) is 2.78. The van der Waals surface area contributed by atoms with Crippen LogP contribution in [0.25, 0.3) is 0 Å². The number of benzene rings is 3. The van der Waals surface area contributed by atoms with Crippen LogP contribution in [-0.4, -0.2) is 18.4 Å². The van der Waals surface area contributed by atoms with E-state index in [0.29, 0.717) is 12.1 Å². The number of nitrogens with one attached hydrogen (secondary N) is 1. The number of nitrogens with zero attached hydrogens (tertiary/aromatic N) is 1. The standard InChI is InChI=1S/C25H23FN2O2/c1-2-17-8-3-6-12-22(17)27-24(29)19-13-14-23-18(16-19)9-7-15-28(23)25(30)20-10-4-5-11-21(20)26/h3-6,8,10-14,16H,2,7,9,15H2,1H3,(H,27,29). The molecule has 1 aliphatic rings. The Labute approximate surface area is 175 Å². The fourth-order valence-electron chi connectivity index (χ4n) is 3.87. The quantitative estimate of drug-likeness (QED) is 0.649. The molecule has 30 heavy (non-hydrogen) atoms. The van der Waals surface area contributed by atoms with Gasteiger partial charge in [-0.15, -0.1) is 0 Å². The zero-order chi connectivity index (χ0) is 21.1. The molecule has 152 valence electrons. The Balaban J connectivity index is 1.60. The van der Waals surface area contributed by atoms with Crippen molar-refractivity contribution >= 4 is 23.2 Å². The largest absolute Gasteiger partial charge is 0.322 e. The van der Waals surface area contributed by atoms with Crippen LogP contribution in [0.5, 0.6) is 0 Å². The van der Waals surface area contributed by atoms with E-state index in [2.05, 4.69) is 5.32 Å². The van der Waals surface area contributed by atoms with Crippen LogP contribution < -0.4 is 10.2 Å². The Bertz CT molecular complexity index is 1110. The predicted octanol–water partition coefficient (Wildman–Crippen LogP) is 5.23. The number of aryl methyl sites for hydroxylation is 2. The number of carbonyl (C=O) groups is 2. The molecule has 0 saturated heterocycles. The van der Waals surface area contributed by atoms with Crippen molar-refractivity contribution in [2.45, 2.75) is 26.2 Å². The zero-order valence-corrected chi connectivity index (χ0v) is 16.8. The molecule has 4 nitrogen and oxygen atoms in total. The molecule has 2 amide bonds. The zero-order valence-electron chi connectivity index (χ0n) is 16.8. The third-order valence-corrected chi connectivity index (χ3v) is 5.46. The van der Waals surface area contributed by atoms with E-state index in [1.54, 1.807) is 29.2 Å². The van der Waals surface area contributed by atoms with Gasteiger partial charge in [-0.25, -0.2) is 4.39 Å². The van der Waals surface area contributed by atoms with Gasteiger partial charge in [0.15, 0.2) is 0 Å². The van der Waals surface area contributed by atoms with Gasteiger partial charge in [0.1, 0.15) is 5.82 Å². The third-order valence-electron chi connectivity index (χ3n) is 5.46. The molecule has 0 aromatic heterocycles. The number of fused-ring (bicyclic) bond motifs is 1. The van der Waals surface area contributed by atoms with Crippen molar-refractivity contribution in [3.05, 3.63) is 94.8 Å². The number of para-hydroxylation sites is 1. The average molecular weight is 402 g/mol. The van der Waals surface area contributed by atoms with E-state index in [4.69, 9.17) is 0 Å². The van der Waals surface area contributed by atoms with Crippen LogP contribution in [-0.2, 0) is 12.8 Å². The molecule has 0 spiro atoms. The second-order valence-electron chi connectivity index (χ2n) is 7.35. The van der Waals surface area contributed by atoms with Gasteiger partial charge in [-0.05, 0) is 66.8 Å². The van der Waals surface area contributed by atoms with Gasteiger partial charge in [0, 0.05) is 23.5 Å². The fourth-order valence-corrected chi connectivity index (χ4v) is 3.87. The summed E-state index contributed by atoms with van der Waals surface area (Å²) >= 11 is 0. The van der Waals surface area contributed by atoms with Gasteiger partial charge >= 0.3 is 0 Å².